The van der Waals surface area contributed by atoms with Crippen molar-refractivity contribution in [2.45, 2.75) is 13.8 Å². The molecular formula is C24H29N4O2+. The molecule has 2 aromatic carbocycles. The van der Waals surface area contributed by atoms with Crippen molar-refractivity contribution in [3.8, 4) is 0 Å². The maximum atomic E-state index is 12.6. The van der Waals surface area contributed by atoms with E-state index in [1.54, 1.807) is 5.01 Å². The maximum Gasteiger partial charge on any atom is 0.365 e. The summed E-state index contributed by atoms with van der Waals surface area (Å²) in [5, 5.41) is 7.40. The number of ether oxygens (including phenoxy) is 1. The fourth-order valence-corrected chi connectivity index (χ4v) is 3.55. The Morgan fingerprint density at radius 3 is 2.23 bits per heavy atom. The minimum atomic E-state index is -0.479. The second-order valence-corrected chi connectivity index (χ2v) is 6.99. The van der Waals surface area contributed by atoms with Gasteiger partial charge in [0.25, 0.3) is 0 Å². The van der Waals surface area contributed by atoms with E-state index in [2.05, 4.69) is 36.0 Å². The largest absolute Gasteiger partial charge is 0.464 e. The lowest BCUT2D eigenvalue weighted by atomic mass is 10.1. The number of carbonyl (C=O) groups excluding carboxylic acids is 1. The van der Waals surface area contributed by atoms with E-state index >= 15 is 0 Å². The first kappa shape index (κ1) is 21.3. The lowest BCUT2D eigenvalue weighted by molar-refractivity contribution is -0.646. The molecule has 0 bridgehead atoms. The van der Waals surface area contributed by atoms with E-state index in [9.17, 15) is 4.79 Å². The van der Waals surface area contributed by atoms with Gasteiger partial charge in [-0.15, -0.1) is 0 Å². The van der Waals surface area contributed by atoms with Crippen LogP contribution in [0.15, 0.2) is 65.8 Å². The van der Waals surface area contributed by atoms with Crippen LogP contribution >= 0.6 is 0 Å². The third-order valence-corrected chi connectivity index (χ3v) is 5.30. The number of para-hydroxylation sites is 1. The number of hydrogen-bond donors (Lipinski definition) is 0. The molecule has 1 heterocycles. The quantitative estimate of drug-likeness (QED) is 0.261. The van der Waals surface area contributed by atoms with Gasteiger partial charge in [-0.1, -0.05) is 12.1 Å². The van der Waals surface area contributed by atoms with Crippen molar-refractivity contribution in [3.63, 3.8) is 0 Å². The van der Waals surface area contributed by atoms with Crippen molar-refractivity contribution in [1.82, 2.24) is 0 Å². The highest BCUT2D eigenvalue weighted by molar-refractivity contribution is 6.42. The first-order valence-electron chi connectivity index (χ1n) is 10.1. The molecule has 0 fully saturated rings. The number of aryl methyl sites for hydroxylation is 1. The van der Waals surface area contributed by atoms with Crippen LogP contribution in [0.4, 0.5) is 11.4 Å². The van der Waals surface area contributed by atoms with Gasteiger partial charge < -0.3 is 9.64 Å². The topological polar surface area (TPSA) is 49.0 Å². The third-order valence-electron chi connectivity index (χ3n) is 5.30. The number of methoxy groups -OCH3 is 1. The van der Waals surface area contributed by atoms with E-state index in [4.69, 9.17) is 4.74 Å². The summed E-state index contributed by atoms with van der Waals surface area (Å²) in [6.45, 7) is 6.18. The second-order valence-electron chi connectivity index (χ2n) is 6.99. The average molecular weight is 406 g/mol. The van der Waals surface area contributed by atoms with Crippen molar-refractivity contribution in [1.29, 1.82) is 0 Å². The lowest BCUT2D eigenvalue weighted by Crippen LogP contribution is -2.40. The van der Waals surface area contributed by atoms with E-state index < -0.39 is 5.97 Å². The third kappa shape index (κ3) is 4.27. The molecule has 0 radical (unpaired) electrons. The Balaban J connectivity index is 2.00. The van der Waals surface area contributed by atoms with Gasteiger partial charge in [0, 0.05) is 43.3 Å². The highest BCUT2D eigenvalue weighted by Gasteiger charge is 2.26. The highest BCUT2D eigenvalue weighted by Crippen LogP contribution is 2.21. The maximum absolute atomic E-state index is 12.6. The zero-order chi connectivity index (χ0) is 21.7. The van der Waals surface area contributed by atoms with Crippen LogP contribution in [-0.2, 0) is 16.6 Å². The monoisotopic (exact) mass is 405 g/mol. The predicted octanol–water partition coefficient (Wildman–Crippen LogP) is 3.52. The van der Waals surface area contributed by atoms with E-state index in [1.807, 2.05) is 67.2 Å². The molecule has 0 amide bonds. The molecule has 0 aliphatic rings. The number of aromatic nitrogens is 1. The van der Waals surface area contributed by atoms with Crippen LogP contribution in [0.1, 0.15) is 19.5 Å². The Labute approximate surface area is 178 Å². The molecule has 30 heavy (non-hydrogen) atoms. The van der Waals surface area contributed by atoms with Crippen molar-refractivity contribution < 1.29 is 14.1 Å². The molecular weight excluding hydrogens is 376 g/mol. The molecule has 6 heteroatoms. The Morgan fingerprint density at radius 2 is 1.60 bits per heavy atom. The SMILES string of the molecule is CCN(CC)c1ccc(N(C)N=C(C(=O)OC)c2ccc3ccccc3[n+]2C)cc1. The first-order valence-corrected chi connectivity index (χ1v) is 10.1. The molecule has 0 aliphatic carbocycles. The van der Waals surface area contributed by atoms with Crippen LogP contribution in [0.25, 0.3) is 10.9 Å². The van der Waals surface area contributed by atoms with Crippen LogP contribution in [0, 0.1) is 0 Å². The van der Waals surface area contributed by atoms with Crippen molar-refractivity contribution in [2.75, 3.05) is 37.2 Å². The van der Waals surface area contributed by atoms with Gasteiger partial charge in [0.2, 0.25) is 16.9 Å². The molecule has 3 aromatic rings. The molecule has 1 aromatic heterocycles. The summed E-state index contributed by atoms with van der Waals surface area (Å²) in [6, 6.07) is 20.1. The molecule has 156 valence electrons. The average Bonchev–Trinajstić information content (AvgIpc) is 2.79. The predicted molar refractivity (Wildman–Crippen MR) is 122 cm³/mol. The fraction of sp³-hybridized carbons (Fsp3) is 0.292. The van der Waals surface area contributed by atoms with Crippen LogP contribution in [-0.4, -0.2) is 38.9 Å². The number of fused-ring (bicyclic) bond motifs is 1. The van der Waals surface area contributed by atoms with Gasteiger partial charge in [0.1, 0.15) is 7.05 Å². The minimum absolute atomic E-state index is 0.251. The summed E-state index contributed by atoms with van der Waals surface area (Å²) in [5.41, 5.74) is 4.00. The number of pyridine rings is 1. The molecule has 0 saturated carbocycles. The van der Waals surface area contributed by atoms with Gasteiger partial charge in [-0.3, -0.25) is 5.01 Å². The van der Waals surface area contributed by atoms with E-state index in [-0.39, 0.29) is 5.71 Å². The summed E-state index contributed by atoms with van der Waals surface area (Å²) < 4.78 is 6.99. The van der Waals surface area contributed by atoms with Gasteiger partial charge in [-0.25, -0.2) is 4.79 Å². The first-order chi connectivity index (χ1) is 14.5. The minimum Gasteiger partial charge on any atom is -0.464 e. The molecule has 6 nitrogen and oxygen atoms in total. The number of anilines is 2. The molecule has 0 spiro atoms. The Hall–Kier alpha value is -3.41. The number of hydrazone groups is 1. The van der Waals surface area contributed by atoms with Gasteiger partial charge in [0.05, 0.1) is 12.8 Å². The number of rotatable bonds is 7. The van der Waals surface area contributed by atoms with Crippen LogP contribution in [0.5, 0.6) is 0 Å². The van der Waals surface area contributed by atoms with Gasteiger partial charge >= 0.3 is 5.97 Å². The highest BCUT2D eigenvalue weighted by atomic mass is 16.5. The Kier molecular flexibility index (Phi) is 6.67. The second kappa shape index (κ2) is 9.39. The van der Waals surface area contributed by atoms with E-state index in [0.29, 0.717) is 5.69 Å². The van der Waals surface area contributed by atoms with Crippen molar-refractivity contribution >= 4 is 34.0 Å². The summed E-state index contributed by atoms with van der Waals surface area (Å²) in [6.07, 6.45) is 0. The summed E-state index contributed by atoms with van der Waals surface area (Å²) in [7, 11) is 5.13. The molecule has 0 saturated heterocycles. The molecule has 0 aliphatic heterocycles. The van der Waals surface area contributed by atoms with Crippen molar-refractivity contribution in [3.05, 3.63) is 66.4 Å². The zero-order valence-corrected chi connectivity index (χ0v) is 18.3. The summed E-state index contributed by atoms with van der Waals surface area (Å²) >= 11 is 0. The van der Waals surface area contributed by atoms with E-state index in [0.717, 1.165) is 35.4 Å². The van der Waals surface area contributed by atoms with E-state index in [1.165, 1.54) is 7.11 Å². The zero-order valence-electron chi connectivity index (χ0n) is 18.3. The number of benzene rings is 2. The summed E-state index contributed by atoms with van der Waals surface area (Å²) in [5.74, 6) is -0.479. The standard InChI is InChI=1S/C24H29N4O2/c1-6-28(7-2)20-15-13-19(14-16-20)27(4)25-23(24(29)30-5)22-17-12-18-10-8-9-11-21(18)26(22)3/h8-17H,6-7H2,1-5H3/q+1. The number of esters is 1. The number of carbonyl (C=O) groups is 1. The van der Waals surface area contributed by atoms with Gasteiger partial charge in [-0.05, 0) is 50.2 Å². The van der Waals surface area contributed by atoms with Crippen molar-refractivity contribution in [2.24, 2.45) is 12.1 Å². The fourth-order valence-electron chi connectivity index (χ4n) is 3.55. The smallest absolute Gasteiger partial charge is 0.365 e. The van der Waals surface area contributed by atoms with Crippen LogP contribution < -0.4 is 14.5 Å². The summed E-state index contributed by atoms with van der Waals surface area (Å²) in [4.78, 5) is 14.9. The normalized spacial score (nSPS) is 11.4. The van der Waals surface area contributed by atoms with Crippen LogP contribution in [0.3, 0.4) is 0 Å². The number of hydrogen-bond acceptors (Lipinski definition) is 5. The molecule has 3 rings (SSSR count). The molecule has 0 N–H and O–H groups in total. The Bertz CT molecular complexity index is 1060. The van der Waals surface area contributed by atoms with Crippen LogP contribution in [0.2, 0.25) is 0 Å². The lowest BCUT2D eigenvalue weighted by Gasteiger charge is -2.22. The molecule has 0 atom stereocenters. The van der Waals surface area contributed by atoms with Gasteiger partial charge in [-0.2, -0.15) is 9.67 Å². The number of nitrogens with zero attached hydrogens (tertiary/aromatic N) is 4. The molecule has 0 unspecified atom stereocenters. The van der Waals surface area contributed by atoms with Gasteiger partial charge in [0.15, 0.2) is 0 Å². The Morgan fingerprint density at radius 1 is 0.967 bits per heavy atom.